The van der Waals surface area contributed by atoms with Crippen LogP contribution in [0, 0.1) is 0 Å². The van der Waals surface area contributed by atoms with Crippen molar-refractivity contribution in [1.29, 1.82) is 0 Å². The van der Waals surface area contributed by atoms with Gasteiger partial charge in [0, 0.05) is 26.1 Å². The Kier molecular flexibility index (Phi) is 6.76. The summed E-state index contributed by atoms with van der Waals surface area (Å²) < 4.78 is 0. The highest BCUT2D eigenvalue weighted by atomic mass is 16.2. The molecule has 1 fully saturated rings. The fourth-order valence-corrected chi connectivity index (χ4v) is 2.37. The molecule has 1 aliphatic rings. The Morgan fingerprint density at radius 3 is 2.44 bits per heavy atom. The van der Waals surface area contributed by atoms with E-state index in [-0.39, 0.29) is 18.4 Å². The van der Waals surface area contributed by atoms with Crippen molar-refractivity contribution >= 4 is 11.8 Å². The minimum Gasteiger partial charge on any atom is -0.341 e. The van der Waals surface area contributed by atoms with Crippen LogP contribution in [-0.4, -0.2) is 47.8 Å². The maximum atomic E-state index is 12.2. The van der Waals surface area contributed by atoms with Crippen LogP contribution in [0.5, 0.6) is 0 Å². The van der Waals surface area contributed by atoms with Crippen molar-refractivity contribution in [3.8, 4) is 0 Å². The molecule has 1 saturated heterocycles. The predicted octanol–water partition coefficient (Wildman–Crippen LogP) is 2.04. The van der Waals surface area contributed by atoms with Crippen LogP contribution in [0.2, 0.25) is 0 Å². The van der Waals surface area contributed by atoms with Gasteiger partial charge in [-0.05, 0) is 25.7 Å². The summed E-state index contributed by atoms with van der Waals surface area (Å²) in [5, 5.41) is 0. The number of carbonyl (C=O) groups excluding carboxylic acids is 2. The first-order chi connectivity index (χ1) is 8.69. The van der Waals surface area contributed by atoms with Crippen molar-refractivity contribution < 1.29 is 9.59 Å². The highest BCUT2D eigenvalue weighted by Crippen LogP contribution is 2.11. The average molecular weight is 254 g/mol. The number of amides is 2. The van der Waals surface area contributed by atoms with Gasteiger partial charge in [-0.1, -0.05) is 20.3 Å². The molecule has 0 spiro atoms. The number of rotatable bonds is 6. The van der Waals surface area contributed by atoms with Gasteiger partial charge in [0.1, 0.15) is 0 Å². The van der Waals surface area contributed by atoms with E-state index in [0.29, 0.717) is 6.42 Å². The molecule has 4 nitrogen and oxygen atoms in total. The third-order valence-electron chi connectivity index (χ3n) is 3.34. The molecule has 1 rings (SSSR count). The molecule has 18 heavy (non-hydrogen) atoms. The van der Waals surface area contributed by atoms with Gasteiger partial charge in [-0.25, -0.2) is 0 Å². The van der Waals surface area contributed by atoms with Crippen molar-refractivity contribution in [1.82, 2.24) is 9.80 Å². The van der Waals surface area contributed by atoms with E-state index in [1.165, 1.54) is 0 Å². The lowest BCUT2D eigenvalue weighted by Crippen LogP contribution is -2.43. The Balaban J connectivity index is 2.51. The van der Waals surface area contributed by atoms with E-state index in [1.807, 2.05) is 4.90 Å². The highest BCUT2D eigenvalue weighted by Gasteiger charge is 2.21. The summed E-state index contributed by atoms with van der Waals surface area (Å²) in [6.07, 6.45) is 5.65. The maximum Gasteiger partial charge on any atom is 0.242 e. The topological polar surface area (TPSA) is 40.6 Å². The first-order valence-corrected chi connectivity index (χ1v) is 7.24. The summed E-state index contributed by atoms with van der Waals surface area (Å²) in [6, 6.07) is 0. The van der Waals surface area contributed by atoms with Crippen LogP contribution >= 0.6 is 0 Å². The van der Waals surface area contributed by atoms with Crippen LogP contribution < -0.4 is 0 Å². The van der Waals surface area contributed by atoms with E-state index in [4.69, 9.17) is 0 Å². The van der Waals surface area contributed by atoms with Crippen molar-refractivity contribution in [2.24, 2.45) is 0 Å². The number of hydrogen-bond acceptors (Lipinski definition) is 2. The van der Waals surface area contributed by atoms with Crippen molar-refractivity contribution in [2.45, 2.75) is 52.4 Å². The van der Waals surface area contributed by atoms with Crippen molar-refractivity contribution in [3.63, 3.8) is 0 Å². The highest BCUT2D eigenvalue weighted by molar-refractivity contribution is 5.85. The first kappa shape index (κ1) is 15.0. The lowest BCUT2D eigenvalue weighted by atomic mass is 10.2. The second-order valence-corrected chi connectivity index (χ2v) is 5.01. The van der Waals surface area contributed by atoms with Crippen molar-refractivity contribution in [2.75, 3.05) is 26.2 Å². The first-order valence-electron chi connectivity index (χ1n) is 7.24. The summed E-state index contributed by atoms with van der Waals surface area (Å²) in [7, 11) is 0. The maximum absolute atomic E-state index is 12.2. The zero-order valence-corrected chi connectivity index (χ0v) is 11.8. The van der Waals surface area contributed by atoms with Crippen LogP contribution in [0.1, 0.15) is 52.4 Å². The zero-order chi connectivity index (χ0) is 13.4. The molecule has 0 atom stereocenters. The van der Waals surface area contributed by atoms with Crippen LogP contribution in [0.15, 0.2) is 0 Å². The molecule has 0 radical (unpaired) electrons. The molecule has 1 aliphatic heterocycles. The third-order valence-corrected chi connectivity index (χ3v) is 3.34. The molecule has 0 aromatic carbocycles. The second kappa shape index (κ2) is 8.11. The smallest absolute Gasteiger partial charge is 0.242 e. The van der Waals surface area contributed by atoms with Gasteiger partial charge >= 0.3 is 0 Å². The largest absolute Gasteiger partial charge is 0.341 e. The Morgan fingerprint density at radius 1 is 1.17 bits per heavy atom. The van der Waals surface area contributed by atoms with Crippen molar-refractivity contribution in [3.05, 3.63) is 0 Å². The molecular formula is C14H26N2O2. The van der Waals surface area contributed by atoms with Gasteiger partial charge in [0.05, 0.1) is 6.54 Å². The number of nitrogens with zero attached hydrogens (tertiary/aromatic N) is 2. The molecule has 0 bridgehead atoms. The Morgan fingerprint density at radius 2 is 1.83 bits per heavy atom. The Labute approximate surface area is 110 Å². The minimum absolute atomic E-state index is 0.106. The summed E-state index contributed by atoms with van der Waals surface area (Å²) in [6.45, 7) is 6.78. The lowest BCUT2D eigenvalue weighted by Gasteiger charge is -2.26. The zero-order valence-electron chi connectivity index (χ0n) is 11.8. The van der Waals surface area contributed by atoms with E-state index in [2.05, 4.69) is 13.8 Å². The quantitative estimate of drug-likeness (QED) is 0.728. The normalized spacial score (nSPS) is 16.6. The SMILES string of the molecule is CCCN(CCC)C(=O)CN1CCCCCC1=O. The van der Waals surface area contributed by atoms with Gasteiger partial charge in [0.25, 0.3) is 0 Å². The minimum atomic E-state index is 0.106. The van der Waals surface area contributed by atoms with E-state index in [9.17, 15) is 9.59 Å². The van der Waals surface area contributed by atoms with Gasteiger partial charge in [0.2, 0.25) is 11.8 Å². The fraction of sp³-hybridized carbons (Fsp3) is 0.857. The summed E-state index contributed by atoms with van der Waals surface area (Å²) in [5.74, 6) is 0.253. The molecule has 0 saturated carbocycles. The monoisotopic (exact) mass is 254 g/mol. The van der Waals surface area contributed by atoms with E-state index in [0.717, 1.165) is 51.7 Å². The summed E-state index contributed by atoms with van der Waals surface area (Å²) >= 11 is 0. The molecule has 1 heterocycles. The Bertz CT molecular complexity index is 273. The molecule has 0 N–H and O–H groups in total. The van der Waals surface area contributed by atoms with E-state index >= 15 is 0 Å². The second-order valence-electron chi connectivity index (χ2n) is 5.01. The van der Waals surface area contributed by atoms with Crippen LogP contribution in [-0.2, 0) is 9.59 Å². The summed E-state index contributed by atoms with van der Waals surface area (Å²) in [4.78, 5) is 27.7. The van der Waals surface area contributed by atoms with Crippen LogP contribution in [0.3, 0.4) is 0 Å². The lowest BCUT2D eigenvalue weighted by molar-refractivity contribution is -0.140. The summed E-state index contributed by atoms with van der Waals surface area (Å²) in [5.41, 5.74) is 0. The third kappa shape index (κ3) is 4.67. The van der Waals surface area contributed by atoms with Gasteiger partial charge in [0.15, 0.2) is 0 Å². The Hall–Kier alpha value is -1.06. The van der Waals surface area contributed by atoms with Gasteiger partial charge < -0.3 is 9.80 Å². The van der Waals surface area contributed by atoms with E-state index < -0.39 is 0 Å². The molecule has 2 amide bonds. The molecule has 0 unspecified atom stereocenters. The number of likely N-dealkylation sites (tertiary alicyclic amines) is 1. The van der Waals surface area contributed by atoms with Gasteiger partial charge in [-0.15, -0.1) is 0 Å². The molecule has 0 aromatic heterocycles. The van der Waals surface area contributed by atoms with Gasteiger partial charge in [-0.3, -0.25) is 9.59 Å². The standard InChI is InChI=1S/C14H26N2O2/c1-3-9-15(10-4-2)14(18)12-16-11-7-5-6-8-13(16)17/h3-12H2,1-2H3. The molecule has 0 aliphatic carbocycles. The fourth-order valence-electron chi connectivity index (χ4n) is 2.37. The molecular weight excluding hydrogens is 228 g/mol. The molecule has 104 valence electrons. The predicted molar refractivity (Wildman–Crippen MR) is 72.2 cm³/mol. The van der Waals surface area contributed by atoms with Crippen LogP contribution in [0.4, 0.5) is 0 Å². The molecule has 4 heteroatoms. The van der Waals surface area contributed by atoms with Gasteiger partial charge in [-0.2, -0.15) is 0 Å². The molecule has 0 aromatic rings. The van der Waals surface area contributed by atoms with E-state index in [1.54, 1.807) is 4.90 Å². The number of carbonyl (C=O) groups is 2. The van der Waals surface area contributed by atoms with Crippen LogP contribution in [0.25, 0.3) is 0 Å². The number of hydrogen-bond donors (Lipinski definition) is 0. The average Bonchev–Trinajstić information content (AvgIpc) is 2.55.